The van der Waals surface area contributed by atoms with Gasteiger partial charge < -0.3 is 4.74 Å². The van der Waals surface area contributed by atoms with Crippen molar-refractivity contribution in [1.29, 1.82) is 0 Å². The van der Waals surface area contributed by atoms with Gasteiger partial charge in [-0.3, -0.25) is 4.48 Å². The van der Waals surface area contributed by atoms with Crippen LogP contribution >= 0.6 is 0 Å². The van der Waals surface area contributed by atoms with Crippen LogP contribution in [-0.2, 0) is 16.1 Å². The second-order valence-corrected chi connectivity index (χ2v) is 5.31. The summed E-state index contributed by atoms with van der Waals surface area (Å²) in [5, 5.41) is 0. The Morgan fingerprint density at radius 3 is 2.53 bits per heavy atom. The number of ether oxygens (including phenoxy) is 1. The Bertz CT molecular complexity index is 412. The molecule has 1 rings (SSSR count). The minimum Gasteiger partial charge on any atom is -0.409 e. The number of quaternary nitrogens is 1. The molecule has 3 nitrogen and oxygen atoms in total. The van der Waals surface area contributed by atoms with Gasteiger partial charge in [-0.25, -0.2) is 4.79 Å². The highest BCUT2D eigenvalue weighted by Crippen LogP contribution is 2.19. The van der Waals surface area contributed by atoms with Crippen LogP contribution in [0.25, 0.3) is 0 Å². The van der Waals surface area contributed by atoms with Gasteiger partial charge in [-0.2, -0.15) is 0 Å². The molecule has 0 saturated heterocycles. The lowest BCUT2D eigenvalue weighted by Gasteiger charge is -2.36. The molecular formula is C16H24NO2+. The monoisotopic (exact) mass is 262 g/mol. The lowest BCUT2D eigenvalue weighted by Crippen LogP contribution is -2.50. The van der Waals surface area contributed by atoms with Gasteiger partial charge in [0.25, 0.3) is 0 Å². The number of hydrogen-bond donors (Lipinski definition) is 0. The average Bonchev–Trinajstić information content (AvgIpc) is 2.38. The molecule has 0 aliphatic heterocycles. The molecule has 0 aliphatic carbocycles. The predicted octanol–water partition coefficient (Wildman–Crippen LogP) is 3.12. The minimum atomic E-state index is -0.349. The van der Waals surface area contributed by atoms with Gasteiger partial charge >= 0.3 is 5.97 Å². The summed E-state index contributed by atoms with van der Waals surface area (Å²) >= 11 is 0. The zero-order valence-electron chi connectivity index (χ0n) is 12.1. The number of rotatable bonds is 7. The van der Waals surface area contributed by atoms with Crippen molar-refractivity contribution in [2.75, 3.05) is 14.1 Å². The standard InChI is InChI=1S/C16H24NO2/c1-5-10-15(19-16(18)6-2)17(3,4)13-14-11-8-7-9-12-14/h6-9,11-12,15H,2,5,10,13H2,1,3-4H3/q+1. The van der Waals surface area contributed by atoms with E-state index in [2.05, 4.69) is 39.7 Å². The fraction of sp³-hybridized carbons (Fsp3) is 0.438. The van der Waals surface area contributed by atoms with Crippen LogP contribution in [0, 0.1) is 0 Å². The van der Waals surface area contributed by atoms with Crippen molar-refractivity contribution < 1.29 is 14.0 Å². The number of nitrogens with zero attached hydrogens (tertiary/aromatic N) is 1. The average molecular weight is 262 g/mol. The van der Waals surface area contributed by atoms with Gasteiger partial charge in [-0.15, -0.1) is 0 Å². The molecule has 0 fully saturated rings. The molecule has 0 heterocycles. The lowest BCUT2D eigenvalue weighted by molar-refractivity contribution is -0.947. The molecule has 3 heteroatoms. The molecule has 0 aromatic heterocycles. The normalized spacial score (nSPS) is 12.8. The Labute approximate surface area is 116 Å². The quantitative estimate of drug-likeness (QED) is 0.327. The van der Waals surface area contributed by atoms with Crippen molar-refractivity contribution in [2.45, 2.75) is 32.5 Å². The highest BCUT2D eigenvalue weighted by Gasteiger charge is 2.30. The van der Waals surface area contributed by atoms with Crippen molar-refractivity contribution in [2.24, 2.45) is 0 Å². The molecule has 0 N–H and O–H groups in total. The number of carbonyl (C=O) groups excluding carboxylic acids is 1. The summed E-state index contributed by atoms with van der Waals surface area (Å²) in [5.74, 6) is -0.349. The zero-order chi connectivity index (χ0) is 14.3. The minimum absolute atomic E-state index is 0.143. The van der Waals surface area contributed by atoms with Gasteiger partial charge in [0, 0.05) is 18.1 Å². The molecular weight excluding hydrogens is 238 g/mol. The summed E-state index contributed by atoms with van der Waals surface area (Å²) in [5.41, 5.74) is 1.24. The number of hydrogen-bond acceptors (Lipinski definition) is 2. The molecule has 1 aromatic carbocycles. The summed E-state index contributed by atoms with van der Waals surface area (Å²) in [6.07, 6.45) is 2.91. The predicted molar refractivity (Wildman–Crippen MR) is 77.2 cm³/mol. The highest BCUT2D eigenvalue weighted by atomic mass is 16.6. The maximum absolute atomic E-state index is 11.4. The van der Waals surface area contributed by atoms with Crippen molar-refractivity contribution in [3.63, 3.8) is 0 Å². The Balaban J connectivity index is 2.79. The summed E-state index contributed by atoms with van der Waals surface area (Å²) in [6, 6.07) is 10.3. The number of benzene rings is 1. The van der Waals surface area contributed by atoms with Crippen LogP contribution in [-0.4, -0.2) is 30.8 Å². The second-order valence-electron chi connectivity index (χ2n) is 5.31. The fourth-order valence-corrected chi connectivity index (χ4v) is 2.14. The summed E-state index contributed by atoms with van der Waals surface area (Å²) < 4.78 is 6.11. The zero-order valence-corrected chi connectivity index (χ0v) is 12.1. The molecule has 104 valence electrons. The first-order valence-electron chi connectivity index (χ1n) is 6.69. The first kappa shape index (κ1) is 15.4. The van der Waals surface area contributed by atoms with Gasteiger partial charge in [0.1, 0.15) is 6.54 Å². The molecule has 19 heavy (non-hydrogen) atoms. The summed E-state index contributed by atoms with van der Waals surface area (Å²) in [4.78, 5) is 11.4. The maximum atomic E-state index is 11.4. The Morgan fingerprint density at radius 1 is 1.37 bits per heavy atom. The lowest BCUT2D eigenvalue weighted by atomic mass is 10.1. The molecule has 0 bridgehead atoms. The topological polar surface area (TPSA) is 26.3 Å². The molecule has 0 spiro atoms. The van der Waals surface area contributed by atoms with E-state index in [0.717, 1.165) is 19.4 Å². The fourth-order valence-electron chi connectivity index (χ4n) is 2.14. The largest absolute Gasteiger partial charge is 0.409 e. The van der Waals surface area contributed by atoms with Crippen LogP contribution < -0.4 is 0 Å². The van der Waals surface area contributed by atoms with Crippen LogP contribution in [0.5, 0.6) is 0 Å². The van der Waals surface area contributed by atoms with Gasteiger partial charge in [0.2, 0.25) is 6.23 Å². The van der Waals surface area contributed by atoms with E-state index >= 15 is 0 Å². The molecule has 0 amide bonds. The molecule has 0 saturated carbocycles. The van der Waals surface area contributed by atoms with E-state index in [1.165, 1.54) is 11.6 Å². The molecule has 1 aromatic rings. The maximum Gasteiger partial charge on any atom is 0.334 e. The third-order valence-corrected chi connectivity index (χ3v) is 3.17. The van der Waals surface area contributed by atoms with E-state index in [4.69, 9.17) is 4.74 Å². The molecule has 0 radical (unpaired) electrons. The van der Waals surface area contributed by atoms with Crippen LogP contribution in [0.3, 0.4) is 0 Å². The molecule has 0 aliphatic rings. The van der Waals surface area contributed by atoms with Gasteiger partial charge in [0.15, 0.2) is 0 Å². The Kier molecular flexibility index (Phi) is 5.77. The first-order valence-corrected chi connectivity index (χ1v) is 6.69. The van der Waals surface area contributed by atoms with Crippen molar-refractivity contribution >= 4 is 5.97 Å². The highest BCUT2D eigenvalue weighted by molar-refractivity contribution is 5.81. The number of esters is 1. The van der Waals surface area contributed by atoms with E-state index in [0.29, 0.717) is 4.48 Å². The van der Waals surface area contributed by atoms with Crippen molar-refractivity contribution in [3.8, 4) is 0 Å². The first-order chi connectivity index (χ1) is 8.99. The van der Waals surface area contributed by atoms with Crippen LogP contribution in [0.4, 0.5) is 0 Å². The van der Waals surface area contributed by atoms with Crippen LogP contribution in [0.2, 0.25) is 0 Å². The third-order valence-electron chi connectivity index (χ3n) is 3.17. The Morgan fingerprint density at radius 2 is 2.00 bits per heavy atom. The molecule has 1 unspecified atom stereocenters. The van der Waals surface area contributed by atoms with Crippen LogP contribution in [0.15, 0.2) is 43.0 Å². The van der Waals surface area contributed by atoms with Crippen LogP contribution in [0.1, 0.15) is 25.3 Å². The van der Waals surface area contributed by atoms with Gasteiger partial charge in [0.05, 0.1) is 14.1 Å². The van der Waals surface area contributed by atoms with Gasteiger partial charge in [-0.05, 0) is 6.42 Å². The second kappa shape index (κ2) is 7.10. The SMILES string of the molecule is C=CC(=O)OC(CCC)[N+](C)(C)Cc1ccccc1. The van der Waals surface area contributed by atoms with Gasteiger partial charge in [-0.1, -0.05) is 43.8 Å². The smallest absolute Gasteiger partial charge is 0.334 e. The van der Waals surface area contributed by atoms with E-state index in [-0.39, 0.29) is 12.2 Å². The number of carbonyl (C=O) groups is 1. The Hall–Kier alpha value is -1.61. The van der Waals surface area contributed by atoms with E-state index in [1.807, 2.05) is 18.2 Å². The van der Waals surface area contributed by atoms with E-state index < -0.39 is 0 Å². The van der Waals surface area contributed by atoms with Crippen molar-refractivity contribution in [1.82, 2.24) is 0 Å². The van der Waals surface area contributed by atoms with E-state index in [1.54, 1.807) is 0 Å². The third kappa shape index (κ3) is 4.87. The van der Waals surface area contributed by atoms with E-state index in [9.17, 15) is 4.79 Å². The summed E-state index contributed by atoms with van der Waals surface area (Å²) in [7, 11) is 4.17. The molecule has 1 atom stereocenters. The van der Waals surface area contributed by atoms with Crippen molar-refractivity contribution in [3.05, 3.63) is 48.6 Å². The summed E-state index contributed by atoms with van der Waals surface area (Å²) in [6.45, 7) is 6.38.